The lowest BCUT2D eigenvalue weighted by Gasteiger charge is -2.21. The molecule has 0 aromatic heterocycles. The maximum atomic E-state index is 3.64. The van der Waals surface area contributed by atoms with Crippen molar-refractivity contribution >= 4 is 0 Å². The van der Waals surface area contributed by atoms with Gasteiger partial charge in [0.25, 0.3) is 0 Å². The third kappa shape index (κ3) is 2.08. The van der Waals surface area contributed by atoms with E-state index in [1.54, 1.807) is 6.42 Å². The zero-order chi connectivity index (χ0) is 14.6. The van der Waals surface area contributed by atoms with Crippen molar-refractivity contribution in [2.75, 3.05) is 7.05 Å². The van der Waals surface area contributed by atoms with Gasteiger partial charge in [-0.25, -0.2) is 0 Å². The van der Waals surface area contributed by atoms with E-state index in [1.807, 2.05) is 0 Å². The van der Waals surface area contributed by atoms with Crippen LogP contribution in [0, 0.1) is 29.6 Å². The summed E-state index contributed by atoms with van der Waals surface area (Å²) in [6.45, 7) is 4.60. The molecule has 4 rings (SSSR count). The van der Waals surface area contributed by atoms with Gasteiger partial charge in [-0.1, -0.05) is 38.1 Å². The fraction of sp³-hybridized carbons (Fsp3) is 0.700. The van der Waals surface area contributed by atoms with E-state index >= 15 is 0 Å². The first-order valence-electron chi connectivity index (χ1n) is 9.01. The molecule has 3 aliphatic rings. The van der Waals surface area contributed by atoms with Crippen molar-refractivity contribution in [3.8, 4) is 0 Å². The van der Waals surface area contributed by atoms with Gasteiger partial charge in [-0.3, -0.25) is 0 Å². The minimum Gasteiger partial charge on any atom is -0.313 e. The highest BCUT2D eigenvalue weighted by Crippen LogP contribution is 2.72. The number of benzene rings is 1. The van der Waals surface area contributed by atoms with Crippen LogP contribution in [0.15, 0.2) is 24.3 Å². The van der Waals surface area contributed by atoms with Crippen molar-refractivity contribution in [1.82, 2.24) is 5.32 Å². The van der Waals surface area contributed by atoms with Crippen LogP contribution in [0.2, 0.25) is 0 Å². The standard InChI is InChI=1S/C20H29N/c1-4-12(2)13-5-7-14(8-6-13)20(21-3)19-17-15-9-10-16(11-15)18(17)19/h5-8,12,15-21H,4,9-11H2,1-3H3. The van der Waals surface area contributed by atoms with Crippen LogP contribution in [0.4, 0.5) is 0 Å². The molecule has 0 saturated heterocycles. The van der Waals surface area contributed by atoms with Gasteiger partial charge in [0.05, 0.1) is 0 Å². The molecule has 6 unspecified atom stereocenters. The van der Waals surface area contributed by atoms with E-state index in [4.69, 9.17) is 0 Å². The number of hydrogen-bond donors (Lipinski definition) is 1. The lowest BCUT2D eigenvalue weighted by molar-refractivity contribution is 0.385. The average Bonchev–Trinajstić information content (AvgIpc) is 2.94. The lowest BCUT2D eigenvalue weighted by Crippen LogP contribution is -2.22. The molecule has 0 spiro atoms. The molecule has 3 saturated carbocycles. The molecule has 114 valence electrons. The molecule has 21 heavy (non-hydrogen) atoms. The Labute approximate surface area is 129 Å². The molecule has 1 aromatic carbocycles. The SMILES string of the molecule is CCC(C)c1ccc(C(NC)C2C3C4CCC(C4)C32)cc1. The first-order valence-corrected chi connectivity index (χ1v) is 9.01. The third-order valence-corrected chi connectivity index (χ3v) is 6.97. The van der Waals surface area contributed by atoms with Crippen LogP contribution in [0.25, 0.3) is 0 Å². The Bertz CT molecular complexity index is 489. The van der Waals surface area contributed by atoms with Gasteiger partial charge in [-0.15, -0.1) is 0 Å². The van der Waals surface area contributed by atoms with Crippen LogP contribution in [0.5, 0.6) is 0 Å². The Morgan fingerprint density at radius 1 is 1.05 bits per heavy atom. The summed E-state index contributed by atoms with van der Waals surface area (Å²) in [7, 11) is 2.16. The second-order valence-electron chi connectivity index (χ2n) is 7.81. The minimum atomic E-state index is 0.592. The van der Waals surface area contributed by atoms with Gasteiger partial charge in [-0.05, 0) is 79.4 Å². The van der Waals surface area contributed by atoms with Gasteiger partial charge in [0.2, 0.25) is 0 Å². The summed E-state index contributed by atoms with van der Waals surface area (Å²) in [6, 6.07) is 10.1. The summed E-state index contributed by atoms with van der Waals surface area (Å²) in [5, 5.41) is 3.64. The molecule has 0 aliphatic heterocycles. The molecule has 1 nitrogen and oxygen atoms in total. The van der Waals surface area contributed by atoms with Crippen LogP contribution in [-0.2, 0) is 0 Å². The fourth-order valence-electron chi connectivity index (χ4n) is 5.69. The van der Waals surface area contributed by atoms with Crippen molar-refractivity contribution in [2.24, 2.45) is 29.6 Å². The summed E-state index contributed by atoms with van der Waals surface area (Å²) in [4.78, 5) is 0. The first-order chi connectivity index (χ1) is 10.2. The molecular weight excluding hydrogens is 254 g/mol. The highest BCUT2D eigenvalue weighted by Gasteiger charge is 2.66. The van der Waals surface area contributed by atoms with Gasteiger partial charge in [0.15, 0.2) is 0 Å². The van der Waals surface area contributed by atoms with E-state index in [1.165, 1.54) is 30.4 Å². The van der Waals surface area contributed by atoms with Gasteiger partial charge >= 0.3 is 0 Å². The van der Waals surface area contributed by atoms with Crippen LogP contribution in [-0.4, -0.2) is 7.05 Å². The quantitative estimate of drug-likeness (QED) is 0.822. The number of hydrogen-bond acceptors (Lipinski definition) is 1. The summed E-state index contributed by atoms with van der Waals surface area (Å²) < 4.78 is 0. The van der Waals surface area contributed by atoms with Crippen molar-refractivity contribution in [3.63, 3.8) is 0 Å². The van der Waals surface area contributed by atoms with Gasteiger partial charge in [-0.2, -0.15) is 0 Å². The zero-order valence-corrected chi connectivity index (χ0v) is 13.7. The largest absolute Gasteiger partial charge is 0.313 e. The van der Waals surface area contributed by atoms with Gasteiger partial charge in [0, 0.05) is 6.04 Å². The predicted octanol–water partition coefficient (Wildman–Crippen LogP) is 4.75. The van der Waals surface area contributed by atoms with E-state index in [2.05, 4.69) is 50.5 Å². The van der Waals surface area contributed by atoms with E-state index in [-0.39, 0.29) is 0 Å². The molecule has 1 aromatic rings. The van der Waals surface area contributed by atoms with Crippen molar-refractivity contribution in [3.05, 3.63) is 35.4 Å². The summed E-state index contributed by atoms with van der Waals surface area (Å²) in [5.74, 6) is 5.85. The third-order valence-electron chi connectivity index (χ3n) is 6.97. The van der Waals surface area contributed by atoms with Gasteiger partial charge in [0.1, 0.15) is 0 Å². The Balaban J connectivity index is 1.52. The number of fused-ring (bicyclic) bond motifs is 5. The molecule has 3 aliphatic carbocycles. The van der Waals surface area contributed by atoms with Crippen LogP contribution in [0.3, 0.4) is 0 Å². The highest BCUT2D eigenvalue weighted by atomic mass is 14.9. The van der Waals surface area contributed by atoms with Crippen LogP contribution in [0.1, 0.15) is 62.6 Å². The van der Waals surface area contributed by atoms with Crippen LogP contribution < -0.4 is 5.32 Å². The second kappa shape index (κ2) is 5.12. The molecule has 3 fully saturated rings. The summed E-state index contributed by atoms with van der Waals surface area (Å²) >= 11 is 0. The fourth-order valence-corrected chi connectivity index (χ4v) is 5.69. The molecule has 1 N–H and O–H groups in total. The average molecular weight is 283 g/mol. The lowest BCUT2D eigenvalue weighted by atomic mass is 9.91. The highest BCUT2D eigenvalue weighted by molar-refractivity contribution is 5.30. The normalized spacial score (nSPS) is 39.1. The Morgan fingerprint density at radius 3 is 2.14 bits per heavy atom. The van der Waals surface area contributed by atoms with E-state index in [9.17, 15) is 0 Å². The topological polar surface area (TPSA) is 12.0 Å². The molecule has 6 atom stereocenters. The Morgan fingerprint density at radius 2 is 1.62 bits per heavy atom. The molecular formula is C20H29N. The predicted molar refractivity (Wildman–Crippen MR) is 88.2 cm³/mol. The monoisotopic (exact) mass is 283 g/mol. The smallest absolute Gasteiger partial charge is 0.0351 e. The maximum absolute atomic E-state index is 3.64. The number of nitrogens with one attached hydrogen (secondary N) is 1. The zero-order valence-electron chi connectivity index (χ0n) is 13.7. The molecule has 0 heterocycles. The van der Waals surface area contributed by atoms with E-state index < -0.39 is 0 Å². The molecule has 1 heteroatoms. The maximum Gasteiger partial charge on any atom is 0.0351 e. The molecule has 2 bridgehead atoms. The van der Waals surface area contributed by atoms with Crippen molar-refractivity contribution in [2.45, 2.75) is 51.5 Å². The van der Waals surface area contributed by atoms with Crippen molar-refractivity contribution < 1.29 is 0 Å². The Kier molecular flexibility index (Phi) is 3.37. The molecule has 0 amide bonds. The summed E-state index contributed by atoms with van der Waals surface area (Å²) in [5.41, 5.74) is 3.01. The van der Waals surface area contributed by atoms with Gasteiger partial charge < -0.3 is 5.32 Å². The van der Waals surface area contributed by atoms with E-state index in [0.717, 1.165) is 29.6 Å². The minimum absolute atomic E-state index is 0.592. The number of rotatable bonds is 5. The first kappa shape index (κ1) is 13.8. The Hall–Kier alpha value is -0.820. The van der Waals surface area contributed by atoms with Crippen molar-refractivity contribution in [1.29, 1.82) is 0 Å². The second-order valence-corrected chi connectivity index (χ2v) is 7.81. The van der Waals surface area contributed by atoms with Crippen LogP contribution >= 0.6 is 0 Å². The molecule has 0 radical (unpaired) electrons. The van der Waals surface area contributed by atoms with E-state index in [0.29, 0.717) is 12.0 Å². The summed E-state index contributed by atoms with van der Waals surface area (Å²) in [6.07, 6.45) is 5.82.